The molecule has 3 heterocycles. The van der Waals surface area contributed by atoms with Crippen LogP contribution in [0.2, 0.25) is 0 Å². The first-order chi connectivity index (χ1) is 18.5. The third-order valence-corrected chi connectivity index (χ3v) is 6.66. The zero-order chi connectivity index (χ0) is 26.6. The van der Waals surface area contributed by atoms with Gasteiger partial charge in [0, 0.05) is 46.9 Å². The van der Waals surface area contributed by atoms with Crippen molar-refractivity contribution < 1.29 is 24.4 Å². The zero-order valence-corrected chi connectivity index (χ0v) is 21.8. The van der Waals surface area contributed by atoms with Crippen molar-refractivity contribution in [3.63, 3.8) is 0 Å². The molecule has 38 heavy (non-hydrogen) atoms. The number of hydrogen-bond acceptors (Lipinski definition) is 7. The average molecular weight is 514 g/mol. The summed E-state index contributed by atoms with van der Waals surface area (Å²) < 4.78 is 18.6. The molecule has 5 aromatic rings. The van der Waals surface area contributed by atoms with Gasteiger partial charge < -0.3 is 24.4 Å². The number of ether oxygens (including phenoxy) is 3. The molecule has 196 valence electrons. The van der Waals surface area contributed by atoms with E-state index in [0.29, 0.717) is 30.2 Å². The summed E-state index contributed by atoms with van der Waals surface area (Å²) in [5.74, 6) is 1.98. The van der Waals surface area contributed by atoms with Crippen LogP contribution in [0, 0.1) is 0 Å². The van der Waals surface area contributed by atoms with E-state index >= 15 is 0 Å². The minimum Gasteiger partial charge on any atom is -0.494 e. The summed E-state index contributed by atoms with van der Waals surface area (Å²) in [5.41, 5.74) is 3.72. The third-order valence-electron chi connectivity index (χ3n) is 6.66. The highest BCUT2D eigenvalue weighted by molar-refractivity contribution is 5.91. The molecule has 3 aromatic heterocycles. The maximum absolute atomic E-state index is 9.88. The Balaban J connectivity index is 1.47. The molecule has 0 bridgehead atoms. The van der Waals surface area contributed by atoms with Gasteiger partial charge in [0.25, 0.3) is 0 Å². The number of methoxy groups -OCH3 is 2. The van der Waals surface area contributed by atoms with Crippen molar-refractivity contribution in [1.82, 2.24) is 14.5 Å². The summed E-state index contributed by atoms with van der Waals surface area (Å²) >= 11 is 0. The number of aromatic nitrogens is 3. The van der Waals surface area contributed by atoms with Crippen LogP contribution in [0.25, 0.3) is 21.7 Å². The van der Waals surface area contributed by atoms with E-state index in [-0.39, 0.29) is 18.4 Å². The Morgan fingerprint density at radius 2 is 1.61 bits per heavy atom. The number of pyridine rings is 2. The van der Waals surface area contributed by atoms with Crippen LogP contribution in [0.15, 0.2) is 60.8 Å². The Bertz CT molecular complexity index is 1580. The molecule has 0 aliphatic heterocycles. The number of aromatic hydroxyl groups is 2. The molecule has 0 atom stereocenters. The Labute approximate surface area is 221 Å². The molecule has 0 saturated carbocycles. The SMILES string of the molecule is CCCc1ncc(Cc2ccc3cccc(OCCn4c(O)ccc4O)c3n2)c2cc(OC)c(OC)cc12. The van der Waals surface area contributed by atoms with Crippen LogP contribution < -0.4 is 14.2 Å². The molecule has 2 aromatic carbocycles. The van der Waals surface area contributed by atoms with Gasteiger partial charge >= 0.3 is 0 Å². The molecule has 0 spiro atoms. The molecule has 0 unspecified atom stereocenters. The third kappa shape index (κ3) is 4.89. The van der Waals surface area contributed by atoms with Crippen molar-refractivity contribution in [3.8, 4) is 29.0 Å². The van der Waals surface area contributed by atoms with E-state index in [1.54, 1.807) is 14.2 Å². The molecule has 5 rings (SSSR count). The first-order valence-corrected chi connectivity index (χ1v) is 12.6. The van der Waals surface area contributed by atoms with Crippen molar-refractivity contribution in [3.05, 3.63) is 77.7 Å². The molecule has 0 aliphatic rings. The lowest BCUT2D eigenvalue weighted by Crippen LogP contribution is -2.08. The van der Waals surface area contributed by atoms with Gasteiger partial charge in [-0.2, -0.15) is 0 Å². The average Bonchev–Trinajstić information content (AvgIpc) is 3.26. The highest BCUT2D eigenvalue weighted by Gasteiger charge is 2.15. The van der Waals surface area contributed by atoms with Gasteiger partial charge in [-0.05, 0) is 41.6 Å². The largest absolute Gasteiger partial charge is 0.494 e. The first kappa shape index (κ1) is 25.2. The molecule has 8 nitrogen and oxygen atoms in total. The van der Waals surface area contributed by atoms with Gasteiger partial charge in [0.2, 0.25) is 0 Å². The Morgan fingerprint density at radius 3 is 2.32 bits per heavy atom. The van der Waals surface area contributed by atoms with Gasteiger partial charge in [-0.25, -0.2) is 4.98 Å². The van der Waals surface area contributed by atoms with E-state index in [0.717, 1.165) is 51.5 Å². The van der Waals surface area contributed by atoms with E-state index < -0.39 is 0 Å². The summed E-state index contributed by atoms with van der Waals surface area (Å²) in [6.07, 6.45) is 4.39. The maximum Gasteiger partial charge on any atom is 0.193 e. The second-order valence-electron chi connectivity index (χ2n) is 9.09. The topological polar surface area (TPSA) is 98.9 Å². The summed E-state index contributed by atoms with van der Waals surface area (Å²) in [6, 6.07) is 16.8. The van der Waals surface area contributed by atoms with E-state index in [4.69, 9.17) is 24.2 Å². The highest BCUT2D eigenvalue weighted by atomic mass is 16.5. The Hall–Kier alpha value is -4.46. The monoisotopic (exact) mass is 513 g/mol. The van der Waals surface area contributed by atoms with Crippen molar-refractivity contribution in [2.45, 2.75) is 32.7 Å². The molecular weight excluding hydrogens is 482 g/mol. The van der Waals surface area contributed by atoms with Crippen LogP contribution in [-0.4, -0.2) is 45.6 Å². The number of para-hydroxylation sites is 1. The predicted octanol–water partition coefficient (Wildman–Crippen LogP) is 5.64. The van der Waals surface area contributed by atoms with E-state index in [9.17, 15) is 10.2 Å². The predicted molar refractivity (Wildman–Crippen MR) is 147 cm³/mol. The fourth-order valence-corrected chi connectivity index (χ4v) is 4.75. The van der Waals surface area contributed by atoms with Gasteiger partial charge in [-0.3, -0.25) is 9.55 Å². The Morgan fingerprint density at radius 1 is 0.868 bits per heavy atom. The number of aryl methyl sites for hydroxylation is 1. The summed E-state index contributed by atoms with van der Waals surface area (Å²) in [5, 5.41) is 22.8. The maximum atomic E-state index is 9.88. The lowest BCUT2D eigenvalue weighted by molar-refractivity contribution is 0.277. The number of nitrogens with zero attached hydrogens (tertiary/aromatic N) is 3. The van der Waals surface area contributed by atoms with Crippen molar-refractivity contribution in [1.29, 1.82) is 0 Å². The van der Waals surface area contributed by atoms with Gasteiger partial charge in [0.1, 0.15) is 17.9 Å². The van der Waals surface area contributed by atoms with Gasteiger partial charge in [-0.15, -0.1) is 0 Å². The van der Waals surface area contributed by atoms with Gasteiger partial charge in [0.05, 0.1) is 20.8 Å². The second-order valence-corrected chi connectivity index (χ2v) is 9.09. The summed E-state index contributed by atoms with van der Waals surface area (Å²) in [4.78, 5) is 9.74. The second kappa shape index (κ2) is 10.9. The number of benzene rings is 2. The van der Waals surface area contributed by atoms with Crippen LogP contribution in [-0.2, 0) is 19.4 Å². The quantitative estimate of drug-likeness (QED) is 0.250. The fourth-order valence-electron chi connectivity index (χ4n) is 4.75. The fraction of sp³-hybridized carbons (Fsp3) is 0.267. The molecule has 0 saturated heterocycles. The minimum atomic E-state index is -0.00975. The number of fused-ring (bicyclic) bond motifs is 2. The van der Waals surface area contributed by atoms with E-state index in [1.165, 1.54) is 16.7 Å². The van der Waals surface area contributed by atoms with Crippen LogP contribution in [0.5, 0.6) is 29.0 Å². The lowest BCUT2D eigenvalue weighted by Gasteiger charge is -2.15. The Kier molecular flexibility index (Phi) is 7.22. The molecule has 0 amide bonds. The smallest absolute Gasteiger partial charge is 0.193 e. The zero-order valence-electron chi connectivity index (χ0n) is 21.8. The number of rotatable bonds is 10. The summed E-state index contributed by atoms with van der Waals surface area (Å²) in [6.45, 7) is 2.70. The molecule has 0 aliphatic carbocycles. The minimum absolute atomic E-state index is 0.00975. The summed E-state index contributed by atoms with van der Waals surface area (Å²) in [7, 11) is 3.28. The highest BCUT2D eigenvalue weighted by Crippen LogP contribution is 2.36. The van der Waals surface area contributed by atoms with Gasteiger partial charge in [0.15, 0.2) is 23.3 Å². The lowest BCUT2D eigenvalue weighted by atomic mass is 9.99. The van der Waals surface area contributed by atoms with Crippen molar-refractivity contribution >= 4 is 21.7 Å². The van der Waals surface area contributed by atoms with Crippen LogP contribution >= 0.6 is 0 Å². The van der Waals surface area contributed by atoms with Crippen LogP contribution in [0.1, 0.15) is 30.3 Å². The molecular formula is C30H31N3O5. The van der Waals surface area contributed by atoms with Crippen molar-refractivity contribution in [2.24, 2.45) is 0 Å². The van der Waals surface area contributed by atoms with E-state index in [1.807, 2.05) is 48.7 Å². The number of hydrogen-bond donors (Lipinski definition) is 2. The molecule has 0 fully saturated rings. The van der Waals surface area contributed by atoms with Crippen LogP contribution in [0.4, 0.5) is 0 Å². The molecule has 2 N–H and O–H groups in total. The van der Waals surface area contributed by atoms with Crippen LogP contribution in [0.3, 0.4) is 0 Å². The molecule has 8 heteroatoms. The van der Waals surface area contributed by atoms with Crippen molar-refractivity contribution in [2.75, 3.05) is 20.8 Å². The molecule has 0 radical (unpaired) electrons. The first-order valence-electron chi connectivity index (χ1n) is 12.6. The standard InChI is InChI=1S/C30H31N3O5/c1-4-6-24-23-17-27(37-3)26(36-2)16-22(23)20(18-31-24)15-21-10-9-19-7-5-8-25(30(19)32-21)38-14-13-33-28(34)11-12-29(33)35/h5,7-12,16-18,34-35H,4,6,13-15H2,1-3H3. The van der Waals surface area contributed by atoms with Gasteiger partial charge in [-0.1, -0.05) is 31.5 Å². The normalized spacial score (nSPS) is 11.2. The van der Waals surface area contributed by atoms with E-state index in [2.05, 4.69) is 6.92 Å².